The minimum Gasteiger partial charge on any atom is -0.493 e. The standard InChI is InChI=1S/C16H25NO4/c1-4-8-20-12-14(18)11-17-7-9-21-15-6-5-13(2)10-16(15)19-3/h4-6,10,14,17-18H,1,7-9,11-12H2,2-3H3/t14-/m0/s1. The second-order valence-corrected chi connectivity index (χ2v) is 4.69. The number of methoxy groups -OCH3 is 1. The summed E-state index contributed by atoms with van der Waals surface area (Å²) < 4.78 is 16.1. The van der Waals surface area contributed by atoms with Crippen LogP contribution in [0.15, 0.2) is 30.9 Å². The maximum absolute atomic E-state index is 9.62. The van der Waals surface area contributed by atoms with Crippen molar-refractivity contribution in [2.24, 2.45) is 0 Å². The highest BCUT2D eigenvalue weighted by atomic mass is 16.5. The molecule has 0 saturated heterocycles. The molecular weight excluding hydrogens is 270 g/mol. The summed E-state index contributed by atoms with van der Waals surface area (Å²) in [7, 11) is 1.62. The van der Waals surface area contributed by atoms with Crippen LogP contribution in [0.5, 0.6) is 11.5 Å². The third kappa shape index (κ3) is 7.13. The maximum atomic E-state index is 9.62. The Hall–Kier alpha value is -1.56. The van der Waals surface area contributed by atoms with Crippen LogP contribution in [0.2, 0.25) is 0 Å². The average molecular weight is 295 g/mol. The summed E-state index contributed by atoms with van der Waals surface area (Å²) >= 11 is 0. The van der Waals surface area contributed by atoms with Gasteiger partial charge in [0.1, 0.15) is 6.61 Å². The smallest absolute Gasteiger partial charge is 0.161 e. The number of nitrogens with one attached hydrogen (secondary N) is 1. The zero-order valence-electron chi connectivity index (χ0n) is 12.8. The second-order valence-electron chi connectivity index (χ2n) is 4.69. The van der Waals surface area contributed by atoms with E-state index in [-0.39, 0.29) is 0 Å². The molecule has 1 aromatic carbocycles. The monoisotopic (exact) mass is 295 g/mol. The van der Waals surface area contributed by atoms with Crippen molar-refractivity contribution in [2.45, 2.75) is 13.0 Å². The number of aryl methyl sites for hydroxylation is 1. The van der Waals surface area contributed by atoms with Crippen LogP contribution in [-0.2, 0) is 4.74 Å². The van der Waals surface area contributed by atoms with Crippen molar-refractivity contribution >= 4 is 0 Å². The Kier molecular flexibility index (Phi) is 8.50. The number of benzene rings is 1. The lowest BCUT2D eigenvalue weighted by Gasteiger charge is -2.13. The molecule has 0 aliphatic rings. The fourth-order valence-corrected chi connectivity index (χ4v) is 1.74. The van der Waals surface area contributed by atoms with Gasteiger partial charge in [-0.15, -0.1) is 6.58 Å². The predicted octanol–water partition coefficient (Wildman–Crippen LogP) is 1.54. The Morgan fingerprint density at radius 1 is 1.38 bits per heavy atom. The lowest BCUT2D eigenvalue weighted by atomic mass is 10.2. The summed E-state index contributed by atoms with van der Waals surface area (Å²) in [4.78, 5) is 0. The number of aliphatic hydroxyl groups excluding tert-OH is 1. The average Bonchev–Trinajstić information content (AvgIpc) is 2.48. The molecule has 1 aromatic rings. The minimum absolute atomic E-state index is 0.297. The van der Waals surface area contributed by atoms with Crippen molar-refractivity contribution in [3.8, 4) is 11.5 Å². The van der Waals surface area contributed by atoms with Crippen LogP contribution in [0.25, 0.3) is 0 Å². The van der Waals surface area contributed by atoms with Crippen LogP contribution in [-0.4, -0.2) is 51.2 Å². The van der Waals surface area contributed by atoms with E-state index in [0.717, 1.165) is 17.1 Å². The Morgan fingerprint density at radius 2 is 2.19 bits per heavy atom. The first-order valence-electron chi connectivity index (χ1n) is 7.02. The van der Waals surface area contributed by atoms with Gasteiger partial charge in [-0.1, -0.05) is 12.1 Å². The van der Waals surface area contributed by atoms with Crippen molar-refractivity contribution in [2.75, 3.05) is 40.0 Å². The fourth-order valence-electron chi connectivity index (χ4n) is 1.74. The first-order valence-corrected chi connectivity index (χ1v) is 7.02. The highest BCUT2D eigenvalue weighted by molar-refractivity contribution is 5.42. The highest BCUT2D eigenvalue weighted by Gasteiger charge is 2.05. The SMILES string of the molecule is C=CCOC[C@@H](O)CNCCOc1ccc(C)cc1OC. The first kappa shape index (κ1) is 17.5. The molecule has 0 aliphatic carbocycles. The van der Waals surface area contributed by atoms with Crippen LogP contribution in [0.3, 0.4) is 0 Å². The third-order valence-electron chi connectivity index (χ3n) is 2.78. The van der Waals surface area contributed by atoms with Gasteiger partial charge in [-0.05, 0) is 24.6 Å². The van der Waals surface area contributed by atoms with E-state index in [1.165, 1.54) is 0 Å². The molecule has 1 rings (SSSR count). The molecule has 0 unspecified atom stereocenters. The maximum Gasteiger partial charge on any atom is 0.161 e. The van der Waals surface area contributed by atoms with Gasteiger partial charge in [0.25, 0.3) is 0 Å². The Bertz CT molecular complexity index is 423. The molecule has 0 aliphatic heterocycles. The molecule has 2 N–H and O–H groups in total. The van der Waals surface area contributed by atoms with E-state index in [9.17, 15) is 5.11 Å². The van der Waals surface area contributed by atoms with Crippen molar-refractivity contribution in [3.63, 3.8) is 0 Å². The van der Waals surface area contributed by atoms with Gasteiger partial charge in [0.15, 0.2) is 11.5 Å². The molecule has 0 heterocycles. The van der Waals surface area contributed by atoms with Crippen molar-refractivity contribution in [1.29, 1.82) is 0 Å². The third-order valence-corrected chi connectivity index (χ3v) is 2.78. The normalized spacial score (nSPS) is 12.0. The lowest BCUT2D eigenvalue weighted by Crippen LogP contribution is -2.32. The Balaban J connectivity index is 2.18. The van der Waals surface area contributed by atoms with Gasteiger partial charge in [-0.25, -0.2) is 0 Å². The molecule has 5 nitrogen and oxygen atoms in total. The predicted molar refractivity (Wildman–Crippen MR) is 83.1 cm³/mol. The molecule has 1 atom stereocenters. The van der Waals surface area contributed by atoms with Crippen LogP contribution in [0.4, 0.5) is 0 Å². The van der Waals surface area contributed by atoms with Gasteiger partial charge in [-0.3, -0.25) is 0 Å². The molecule has 118 valence electrons. The van der Waals surface area contributed by atoms with Crippen molar-refractivity contribution in [1.82, 2.24) is 5.32 Å². The molecule has 21 heavy (non-hydrogen) atoms. The highest BCUT2D eigenvalue weighted by Crippen LogP contribution is 2.27. The van der Waals surface area contributed by atoms with Gasteiger partial charge in [-0.2, -0.15) is 0 Å². The Labute approximate surface area is 126 Å². The van der Waals surface area contributed by atoms with E-state index in [4.69, 9.17) is 14.2 Å². The van der Waals surface area contributed by atoms with E-state index in [0.29, 0.717) is 32.9 Å². The topological polar surface area (TPSA) is 60.0 Å². The van der Waals surface area contributed by atoms with Crippen LogP contribution in [0.1, 0.15) is 5.56 Å². The largest absolute Gasteiger partial charge is 0.493 e. The summed E-state index contributed by atoms with van der Waals surface area (Å²) in [6, 6.07) is 5.81. The number of ether oxygens (including phenoxy) is 3. The van der Waals surface area contributed by atoms with Gasteiger partial charge < -0.3 is 24.6 Å². The van der Waals surface area contributed by atoms with Crippen molar-refractivity contribution < 1.29 is 19.3 Å². The summed E-state index contributed by atoms with van der Waals surface area (Å²) in [6.07, 6.45) is 1.13. The molecule has 5 heteroatoms. The van der Waals surface area contributed by atoms with E-state index in [1.807, 2.05) is 25.1 Å². The van der Waals surface area contributed by atoms with Crippen LogP contribution in [0, 0.1) is 6.92 Å². The van der Waals surface area contributed by atoms with Crippen molar-refractivity contribution in [3.05, 3.63) is 36.4 Å². The number of hydrogen-bond donors (Lipinski definition) is 2. The molecule has 0 spiro atoms. The van der Waals surface area contributed by atoms with E-state index >= 15 is 0 Å². The van der Waals surface area contributed by atoms with Gasteiger partial charge in [0.05, 0.1) is 26.4 Å². The molecule has 0 bridgehead atoms. The summed E-state index contributed by atoms with van der Waals surface area (Å²) in [5.41, 5.74) is 1.12. The van der Waals surface area contributed by atoms with E-state index < -0.39 is 6.10 Å². The minimum atomic E-state index is -0.529. The van der Waals surface area contributed by atoms with E-state index in [2.05, 4.69) is 11.9 Å². The van der Waals surface area contributed by atoms with Gasteiger partial charge >= 0.3 is 0 Å². The number of rotatable bonds is 11. The molecule has 0 saturated carbocycles. The zero-order valence-corrected chi connectivity index (χ0v) is 12.8. The van der Waals surface area contributed by atoms with Crippen LogP contribution < -0.4 is 14.8 Å². The molecule has 0 fully saturated rings. The molecule has 0 aromatic heterocycles. The molecule has 0 amide bonds. The van der Waals surface area contributed by atoms with E-state index in [1.54, 1.807) is 13.2 Å². The lowest BCUT2D eigenvalue weighted by molar-refractivity contribution is 0.0491. The summed E-state index contributed by atoms with van der Waals surface area (Å²) in [5.74, 6) is 1.45. The first-order chi connectivity index (χ1) is 10.2. The number of aliphatic hydroxyl groups is 1. The quantitative estimate of drug-likeness (QED) is 0.479. The molecule has 0 radical (unpaired) electrons. The summed E-state index contributed by atoms with van der Waals surface area (Å²) in [5, 5.41) is 12.7. The summed E-state index contributed by atoms with van der Waals surface area (Å²) in [6.45, 7) is 7.89. The van der Waals surface area contributed by atoms with Gasteiger partial charge in [0.2, 0.25) is 0 Å². The molecular formula is C16H25NO4. The fraction of sp³-hybridized carbons (Fsp3) is 0.500. The zero-order chi connectivity index (χ0) is 15.5. The second kappa shape index (κ2) is 10.2. The Morgan fingerprint density at radius 3 is 2.90 bits per heavy atom. The van der Waals surface area contributed by atoms with Crippen LogP contribution >= 0.6 is 0 Å². The number of hydrogen-bond acceptors (Lipinski definition) is 5. The van der Waals surface area contributed by atoms with Gasteiger partial charge in [0, 0.05) is 13.1 Å².